The number of carbonyl (C=O) groups excluding carboxylic acids is 2. The molecule has 0 bridgehead atoms. The quantitative estimate of drug-likeness (QED) is 0.306. The van der Waals surface area contributed by atoms with E-state index in [1.54, 1.807) is 26.0 Å². The highest BCUT2D eigenvalue weighted by Gasteiger charge is 2.50. The minimum absolute atomic E-state index is 0.0272. The second kappa shape index (κ2) is 13.9. The minimum Gasteiger partial charge on any atom is -0.497 e. The largest absolute Gasteiger partial charge is 0.497 e. The number of ketones is 1. The van der Waals surface area contributed by atoms with Gasteiger partial charge in [-0.05, 0) is 69.2 Å². The Morgan fingerprint density at radius 1 is 1.02 bits per heavy atom. The van der Waals surface area contributed by atoms with Gasteiger partial charge < -0.3 is 9.84 Å². The number of Topliss-reactive ketones (excluding diaryl/α,β-unsaturated/α-hetero) is 1. The van der Waals surface area contributed by atoms with Crippen LogP contribution in [0.4, 0.5) is 0 Å². The first kappa shape index (κ1) is 34.0. The molecule has 1 aliphatic heterocycles. The van der Waals surface area contributed by atoms with Crippen molar-refractivity contribution in [3.05, 3.63) is 24.3 Å². The van der Waals surface area contributed by atoms with Crippen LogP contribution in [0.25, 0.3) is 0 Å². The van der Waals surface area contributed by atoms with Crippen molar-refractivity contribution < 1.29 is 36.3 Å². The highest BCUT2D eigenvalue weighted by molar-refractivity contribution is 8.16. The van der Waals surface area contributed by atoms with Gasteiger partial charge in [-0.2, -0.15) is 4.31 Å². The third-order valence-electron chi connectivity index (χ3n) is 7.47. The lowest BCUT2D eigenvalue weighted by Gasteiger charge is -2.34. The Hall–Kier alpha value is -1.51. The molecule has 10 nitrogen and oxygen atoms in total. The van der Waals surface area contributed by atoms with Crippen LogP contribution in [0.5, 0.6) is 5.75 Å². The molecule has 1 N–H and O–H groups in total. The number of hydrogen-bond donors (Lipinski definition) is 1. The lowest BCUT2D eigenvalue weighted by molar-refractivity contribution is -0.123. The topological polar surface area (TPSA) is 138 Å². The first-order valence-corrected chi connectivity index (χ1v) is 17.9. The van der Waals surface area contributed by atoms with Gasteiger partial charge in [0.1, 0.15) is 5.75 Å². The van der Waals surface area contributed by atoms with Gasteiger partial charge in [-0.15, -0.1) is 0 Å². The molecule has 1 unspecified atom stereocenters. The third-order valence-corrected chi connectivity index (χ3v) is 12.7. The number of rotatable bonds is 14. The van der Waals surface area contributed by atoms with Crippen molar-refractivity contribution in [2.75, 3.05) is 33.3 Å². The van der Waals surface area contributed by atoms with Crippen molar-refractivity contribution in [1.29, 1.82) is 0 Å². The van der Waals surface area contributed by atoms with Crippen molar-refractivity contribution in [2.45, 2.75) is 87.2 Å². The fraction of sp³-hybridized carbons (Fsp3) is 0.714. The van der Waals surface area contributed by atoms with Gasteiger partial charge in [-0.3, -0.25) is 9.59 Å². The van der Waals surface area contributed by atoms with Crippen LogP contribution in [0.2, 0.25) is 0 Å². The lowest BCUT2D eigenvalue weighted by atomic mass is 10.0. The van der Waals surface area contributed by atoms with Crippen molar-refractivity contribution in [2.24, 2.45) is 11.8 Å². The maximum absolute atomic E-state index is 13.8. The predicted molar refractivity (Wildman–Crippen MR) is 160 cm³/mol. The minimum atomic E-state index is -4.32. The Kier molecular flexibility index (Phi) is 11.5. The average Bonchev–Trinajstić information content (AvgIpc) is 3.37. The number of thioether (sulfide) groups is 1. The standard InChI is InChI=1S/C28H44N2O8S3/c1-20(2)17-30(40(34,35)24-12-10-23(38-5)11-13-24)19-22(31)14-15-29(18-21-8-6-7-9-21)41(36,37)26-25(32)16-28(3,4)39-27(26)33/h10-13,20-22,26,31H,6-9,14-19H2,1-5H3/t22-,26?/m0/s1. The number of ether oxygens (including phenoxy) is 1. The Labute approximate surface area is 249 Å². The van der Waals surface area contributed by atoms with Crippen molar-refractivity contribution in [3.8, 4) is 5.75 Å². The summed E-state index contributed by atoms with van der Waals surface area (Å²) in [7, 11) is -6.79. The van der Waals surface area contributed by atoms with Gasteiger partial charge in [0.25, 0.3) is 0 Å². The molecule has 1 heterocycles. The lowest BCUT2D eigenvalue weighted by Crippen LogP contribution is -2.52. The maximum Gasteiger partial charge on any atom is 0.243 e. The fourth-order valence-electron chi connectivity index (χ4n) is 5.44. The van der Waals surface area contributed by atoms with Crippen LogP contribution in [0.1, 0.15) is 66.2 Å². The van der Waals surface area contributed by atoms with Gasteiger partial charge in [0.15, 0.2) is 5.78 Å². The molecule has 13 heteroatoms. The number of sulfonamides is 2. The molecule has 0 amide bonds. The van der Waals surface area contributed by atoms with E-state index in [-0.39, 0.29) is 55.8 Å². The highest BCUT2D eigenvalue weighted by Crippen LogP contribution is 2.38. The molecule has 2 fully saturated rings. The molecule has 0 aromatic heterocycles. The number of hydrogen-bond acceptors (Lipinski definition) is 9. The SMILES string of the molecule is COc1ccc(S(=O)(=O)N(CC(C)C)C[C@@H](O)CCN(CC2CCCC2)S(=O)(=O)C2C(=O)CC(C)(C)SC2=O)cc1. The van der Waals surface area contributed by atoms with Crippen molar-refractivity contribution >= 4 is 42.7 Å². The molecule has 1 saturated carbocycles. The van der Waals surface area contributed by atoms with Crippen LogP contribution in [-0.2, 0) is 29.6 Å². The van der Waals surface area contributed by atoms with E-state index in [0.717, 1.165) is 37.4 Å². The Morgan fingerprint density at radius 3 is 2.17 bits per heavy atom. The number of aliphatic hydroxyl groups excluding tert-OH is 1. The zero-order valence-electron chi connectivity index (χ0n) is 24.6. The number of benzene rings is 1. The van der Waals surface area contributed by atoms with E-state index in [2.05, 4.69) is 0 Å². The van der Waals surface area contributed by atoms with Gasteiger partial charge in [-0.1, -0.05) is 38.5 Å². The zero-order valence-corrected chi connectivity index (χ0v) is 27.1. The first-order chi connectivity index (χ1) is 19.1. The van der Waals surface area contributed by atoms with Crippen LogP contribution in [0.15, 0.2) is 29.2 Å². The van der Waals surface area contributed by atoms with Gasteiger partial charge >= 0.3 is 0 Å². The predicted octanol–water partition coefficient (Wildman–Crippen LogP) is 3.29. The summed E-state index contributed by atoms with van der Waals surface area (Å²) in [5, 5.41) is 8.57. The summed E-state index contributed by atoms with van der Waals surface area (Å²) >= 11 is 0.888. The summed E-state index contributed by atoms with van der Waals surface area (Å²) in [5.74, 6) is -0.0171. The Bertz CT molecular complexity index is 1250. The molecule has 0 spiro atoms. The summed E-state index contributed by atoms with van der Waals surface area (Å²) < 4.78 is 61.3. The molecule has 1 aromatic rings. The summed E-state index contributed by atoms with van der Waals surface area (Å²) in [5.41, 5.74) is 0. The summed E-state index contributed by atoms with van der Waals surface area (Å²) in [6.07, 6.45) is 2.43. The molecule has 1 aromatic carbocycles. The van der Waals surface area contributed by atoms with Crippen LogP contribution in [-0.4, -0.2) is 90.8 Å². The number of nitrogens with zero attached hydrogens (tertiary/aromatic N) is 2. The molecule has 0 radical (unpaired) electrons. The summed E-state index contributed by atoms with van der Waals surface area (Å²) in [6, 6.07) is 5.99. The van der Waals surface area contributed by atoms with E-state index in [9.17, 15) is 31.5 Å². The van der Waals surface area contributed by atoms with E-state index in [4.69, 9.17) is 4.74 Å². The van der Waals surface area contributed by atoms with Gasteiger partial charge in [0.2, 0.25) is 30.4 Å². The van der Waals surface area contributed by atoms with Crippen LogP contribution in [0, 0.1) is 11.8 Å². The van der Waals surface area contributed by atoms with E-state index in [1.807, 2.05) is 13.8 Å². The molecule has 3 rings (SSSR count). The van der Waals surface area contributed by atoms with E-state index < -0.39 is 47.0 Å². The van der Waals surface area contributed by atoms with Gasteiger partial charge in [0.05, 0.1) is 18.1 Å². The number of methoxy groups -OCH3 is 1. The first-order valence-electron chi connectivity index (χ1n) is 14.1. The molecular weight excluding hydrogens is 589 g/mol. The second-order valence-electron chi connectivity index (χ2n) is 12.1. The Balaban J connectivity index is 1.79. The second-order valence-corrected chi connectivity index (χ2v) is 17.8. The number of aliphatic hydroxyl groups is 1. The monoisotopic (exact) mass is 632 g/mol. The summed E-state index contributed by atoms with van der Waals surface area (Å²) in [6.45, 7) is 7.20. The van der Waals surface area contributed by atoms with E-state index >= 15 is 0 Å². The number of carbonyl (C=O) groups is 2. The van der Waals surface area contributed by atoms with Crippen molar-refractivity contribution in [3.63, 3.8) is 0 Å². The average molecular weight is 633 g/mol. The van der Waals surface area contributed by atoms with Gasteiger partial charge in [0, 0.05) is 37.3 Å². The molecule has 1 saturated heterocycles. The van der Waals surface area contributed by atoms with Crippen molar-refractivity contribution in [1.82, 2.24) is 8.61 Å². The highest BCUT2D eigenvalue weighted by atomic mass is 32.2. The zero-order chi connectivity index (χ0) is 30.6. The smallest absolute Gasteiger partial charge is 0.243 e. The van der Waals surface area contributed by atoms with Crippen LogP contribution < -0.4 is 4.74 Å². The van der Waals surface area contributed by atoms with Crippen LogP contribution in [0.3, 0.4) is 0 Å². The molecule has 2 aliphatic rings. The molecule has 232 valence electrons. The normalized spacial score (nSPS) is 21.2. The molecule has 41 heavy (non-hydrogen) atoms. The third kappa shape index (κ3) is 8.76. The van der Waals surface area contributed by atoms with E-state index in [0.29, 0.717) is 5.75 Å². The fourth-order valence-corrected chi connectivity index (χ4v) is 10.3. The Morgan fingerprint density at radius 2 is 1.63 bits per heavy atom. The molecule has 1 aliphatic carbocycles. The van der Waals surface area contributed by atoms with Crippen LogP contribution >= 0.6 is 11.8 Å². The molecular formula is C28H44N2O8S3. The summed E-state index contributed by atoms with van der Waals surface area (Å²) in [4.78, 5) is 25.9. The van der Waals surface area contributed by atoms with E-state index in [1.165, 1.54) is 27.9 Å². The maximum atomic E-state index is 13.8. The van der Waals surface area contributed by atoms with Gasteiger partial charge in [-0.25, -0.2) is 21.1 Å². The molecule has 2 atom stereocenters.